The van der Waals surface area contributed by atoms with Crippen LogP contribution in [0.4, 0.5) is 9.18 Å². The summed E-state index contributed by atoms with van der Waals surface area (Å²) in [6.45, 7) is 5.00. The molecule has 9 heteroatoms. The zero-order chi connectivity index (χ0) is 20.5. The van der Waals surface area contributed by atoms with Gasteiger partial charge in [-0.1, -0.05) is 12.1 Å². The number of carbonyl (C=O) groups is 2. The van der Waals surface area contributed by atoms with E-state index < -0.39 is 23.0 Å². The van der Waals surface area contributed by atoms with Crippen molar-refractivity contribution in [2.75, 3.05) is 0 Å². The summed E-state index contributed by atoms with van der Waals surface area (Å²) in [5.74, 6) is -1.01. The van der Waals surface area contributed by atoms with Gasteiger partial charge < -0.3 is 5.32 Å². The molecule has 2 N–H and O–H groups in total. The minimum Gasteiger partial charge on any atom is -0.333 e. The predicted octanol–water partition coefficient (Wildman–Crippen LogP) is 2.89. The number of thiophene rings is 1. The molecule has 3 rings (SSSR count). The van der Waals surface area contributed by atoms with Gasteiger partial charge in [-0.2, -0.15) is 0 Å². The molecule has 3 amide bonds. The largest absolute Gasteiger partial charge is 0.333 e. The van der Waals surface area contributed by atoms with Crippen LogP contribution in [-0.2, 0) is 11.3 Å². The summed E-state index contributed by atoms with van der Waals surface area (Å²) < 4.78 is 14.3. The molecule has 2 heterocycles. The number of halogens is 1. The van der Waals surface area contributed by atoms with Crippen LogP contribution in [0.1, 0.15) is 20.8 Å². The van der Waals surface area contributed by atoms with Crippen molar-refractivity contribution in [2.24, 2.45) is 0 Å². The van der Waals surface area contributed by atoms with Gasteiger partial charge in [0.25, 0.3) is 5.56 Å². The van der Waals surface area contributed by atoms with E-state index in [0.29, 0.717) is 21.3 Å². The Balaban J connectivity index is 1.87. The molecule has 3 aromatic rings. The van der Waals surface area contributed by atoms with Crippen LogP contribution in [0.15, 0.2) is 40.8 Å². The first-order valence-corrected chi connectivity index (χ1v) is 9.36. The second-order valence-electron chi connectivity index (χ2n) is 7.27. The summed E-state index contributed by atoms with van der Waals surface area (Å²) in [6, 6.07) is 5.15. The number of amides is 3. The molecule has 0 atom stereocenters. The third-order valence-electron chi connectivity index (χ3n) is 3.77. The van der Waals surface area contributed by atoms with E-state index in [9.17, 15) is 18.8 Å². The summed E-state index contributed by atoms with van der Waals surface area (Å²) in [4.78, 5) is 41.6. The number of carbonyl (C=O) groups excluding carboxylic acids is 2. The zero-order valence-electron chi connectivity index (χ0n) is 15.6. The van der Waals surface area contributed by atoms with Gasteiger partial charge >= 0.3 is 6.03 Å². The van der Waals surface area contributed by atoms with E-state index in [0.717, 1.165) is 4.57 Å². The van der Waals surface area contributed by atoms with Gasteiger partial charge in [0.2, 0.25) is 5.91 Å². The highest BCUT2D eigenvalue weighted by Gasteiger charge is 2.18. The molecule has 0 aliphatic rings. The quantitative estimate of drug-likeness (QED) is 0.705. The number of imide groups is 1. The first-order valence-electron chi connectivity index (χ1n) is 8.48. The highest BCUT2D eigenvalue weighted by Crippen LogP contribution is 2.30. The lowest BCUT2D eigenvalue weighted by Crippen LogP contribution is -2.49. The van der Waals surface area contributed by atoms with E-state index in [-0.39, 0.29) is 12.4 Å². The molecule has 0 saturated heterocycles. The van der Waals surface area contributed by atoms with Gasteiger partial charge in [-0.15, -0.1) is 11.3 Å². The smallest absolute Gasteiger partial charge is 0.321 e. The number of nitrogens with one attached hydrogen (secondary N) is 2. The summed E-state index contributed by atoms with van der Waals surface area (Å²) >= 11 is 1.29. The van der Waals surface area contributed by atoms with Crippen molar-refractivity contribution in [1.29, 1.82) is 0 Å². The molecule has 0 bridgehead atoms. The minimum atomic E-state index is -0.637. The maximum absolute atomic E-state index is 13.2. The summed E-state index contributed by atoms with van der Waals surface area (Å²) in [5, 5.41) is 6.92. The molecule has 0 unspecified atom stereocenters. The van der Waals surface area contributed by atoms with E-state index in [2.05, 4.69) is 15.6 Å². The average molecular weight is 402 g/mol. The second kappa shape index (κ2) is 7.51. The molecule has 28 heavy (non-hydrogen) atoms. The zero-order valence-corrected chi connectivity index (χ0v) is 16.4. The van der Waals surface area contributed by atoms with Gasteiger partial charge in [0.15, 0.2) is 0 Å². The maximum atomic E-state index is 13.2. The van der Waals surface area contributed by atoms with Crippen LogP contribution in [-0.4, -0.2) is 27.0 Å². The SMILES string of the molecule is CC(C)(C)NC(=O)NC(=O)Cn1cnc2scc(-c3ccc(F)cc3)c2c1=O. The highest BCUT2D eigenvalue weighted by atomic mass is 32.1. The number of urea groups is 1. The fourth-order valence-corrected chi connectivity index (χ4v) is 3.52. The van der Waals surface area contributed by atoms with Crippen LogP contribution in [0.2, 0.25) is 0 Å². The highest BCUT2D eigenvalue weighted by molar-refractivity contribution is 7.17. The number of benzene rings is 1. The van der Waals surface area contributed by atoms with Crippen molar-refractivity contribution < 1.29 is 14.0 Å². The van der Waals surface area contributed by atoms with Crippen LogP contribution < -0.4 is 16.2 Å². The predicted molar refractivity (Wildman–Crippen MR) is 106 cm³/mol. The Bertz CT molecular complexity index is 1100. The molecule has 0 fully saturated rings. The van der Waals surface area contributed by atoms with Crippen molar-refractivity contribution >= 4 is 33.5 Å². The van der Waals surface area contributed by atoms with Crippen molar-refractivity contribution in [3.63, 3.8) is 0 Å². The molecule has 7 nitrogen and oxygen atoms in total. The first-order chi connectivity index (χ1) is 13.1. The monoisotopic (exact) mass is 402 g/mol. The standard InChI is InChI=1S/C19H19FN4O3S/c1-19(2,3)23-18(27)22-14(25)8-24-10-21-16-15(17(24)26)13(9-28-16)11-4-6-12(20)7-5-11/h4-7,9-10H,8H2,1-3H3,(H2,22,23,25,27). The maximum Gasteiger partial charge on any atom is 0.321 e. The van der Waals surface area contributed by atoms with E-state index in [1.54, 1.807) is 38.3 Å². The van der Waals surface area contributed by atoms with Crippen molar-refractivity contribution in [1.82, 2.24) is 20.2 Å². The lowest BCUT2D eigenvalue weighted by atomic mass is 10.1. The Kier molecular flexibility index (Phi) is 5.28. The number of hydrogen-bond donors (Lipinski definition) is 2. The van der Waals surface area contributed by atoms with Gasteiger partial charge in [0.05, 0.1) is 11.7 Å². The second-order valence-corrected chi connectivity index (χ2v) is 8.12. The number of hydrogen-bond acceptors (Lipinski definition) is 5. The van der Waals surface area contributed by atoms with E-state index in [1.807, 2.05) is 0 Å². The minimum absolute atomic E-state index is 0.349. The van der Waals surface area contributed by atoms with Crippen LogP contribution in [0.5, 0.6) is 0 Å². The Hall–Kier alpha value is -3.07. The van der Waals surface area contributed by atoms with Crippen LogP contribution in [0, 0.1) is 5.82 Å². The summed E-state index contributed by atoms with van der Waals surface area (Å²) in [5.41, 5.74) is 0.399. The third kappa shape index (κ3) is 4.42. The Morgan fingerprint density at radius 1 is 1.21 bits per heavy atom. The van der Waals surface area contributed by atoms with Gasteiger partial charge in [-0.25, -0.2) is 14.2 Å². The molecule has 0 spiro atoms. The molecular formula is C19H19FN4O3S. The third-order valence-corrected chi connectivity index (χ3v) is 4.66. The lowest BCUT2D eigenvalue weighted by molar-refractivity contribution is -0.120. The Morgan fingerprint density at radius 3 is 2.54 bits per heavy atom. The first kappa shape index (κ1) is 19.7. The number of nitrogens with zero attached hydrogens (tertiary/aromatic N) is 2. The van der Waals surface area contributed by atoms with Gasteiger partial charge in [-0.3, -0.25) is 19.5 Å². The average Bonchev–Trinajstić information content (AvgIpc) is 3.01. The molecule has 146 valence electrons. The fraction of sp³-hybridized carbons (Fsp3) is 0.263. The number of fused-ring (bicyclic) bond motifs is 1. The summed E-state index contributed by atoms with van der Waals surface area (Å²) in [6.07, 6.45) is 1.27. The van der Waals surface area contributed by atoms with Crippen molar-refractivity contribution in [3.05, 3.63) is 52.1 Å². The fourth-order valence-electron chi connectivity index (χ4n) is 2.61. The molecule has 2 aromatic heterocycles. The molecule has 1 aromatic carbocycles. The van der Waals surface area contributed by atoms with Crippen LogP contribution in [0.25, 0.3) is 21.3 Å². The Morgan fingerprint density at radius 2 is 1.89 bits per heavy atom. The molecule has 0 saturated carbocycles. The molecular weight excluding hydrogens is 383 g/mol. The summed E-state index contributed by atoms with van der Waals surface area (Å²) in [7, 11) is 0. The lowest BCUT2D eigenvalue weighted by Gasteiger charge is -2.20. The van der Waals surface area contributed by atoms with Gasteiger partial charge in [0.1, 0.15) is 17.2 Å². The molecule has 0 radical (unpaired) electrons. The topological polar surface area (TPSA) is 93.1 Å². The van der Waals surface area contributed by atoms with E-state index in [4.69, 9.17) is 0 Å². The van der Waals surface area contributed by atoms with E-state index >= 15 is 0 Å². The van der Waals surface area contributed by atoms with Gasteiger partial charge in [-0.05, 0) is 38.5 Å². The van der Waals surface area contributed by atoms with Crippen LogP contribution in [0.3, 0.4) is 0 Å². The normalized spacial score (nSPS) is 11.4. The van der Waals surface area contributed by atoms with Gasteiger partial charge in [0, 0.05) is 16.5 Å². The number of rotatable bonds is 3. The van der Waals surface area contributed by atoms with Crippen molar-refractivity contribution in [3.8, 4) is 11.1 Å². The van der Waals surface area contributed by atoms with Crippen LogP contribution >= 0.6 is 11.3 Å². The van der Waals surface area contributed by atoms with Crippen molar-refractivity contribution in [2.45, 2.75) is 32.9 Å². The number of aromatic nitrogens is 2. The molecule has 0 aliphatic heterocycles. The van der Waals surface area contributed by atoms with E-state index in [1.165, 1.54) is 29.8 Å². The molecule has 0 aliphatic carbocycles. The Labute approximate surface area is 164 Å².